The number of ether oxygens (including phenoxy) is 1. The first-order valence-corrected chi connectivity index (χ1v) is 11.5. The summed E-state index contributed by atoms with van der Waals surface area (Å²) in [6.07, 6.45) is 6.89. The monoisotopic (exact) mass is 463 g/mol. The van der Waals surface area contributed by atoms with Crippen LogP contribution in [0.1, 0.15) is 54.4 Å². The number of aliphatic hydroxyl groups is 1. The Kier molecular flexibility index (Phi) is 7.27. The number of unbranched alkanes of at least 4 members (excludes halogenated alkanes) is 2. The molecule has 1 aromatic heterocycles. The molecule has 1 aliphatic rings. The number of carbonyl (C=O) groups excluding carboxylic acids is 1. The molecule has 1 aliphatic carbocycles. The van der Waals surface area contributed by atoms with E-state index in [9.17, 15) is 14.7 Å². The molecule has 34 heavy (non-hydrogen) atoms. The standard InChI is InChI=1S/C26H29N3O5/c30-24(31)8-2-1-5-15-34-23-7-4-3-6-21(23)18-29(26(33)13-14-26)25(32)20-11-9-19(10-12-20)22-16-27-28-17-22/h3-4,6-7,9-12,16-17,33H,1-2,5,8,13-15,18H2,(H,27,28)(H,30,31). The third kappa shape index (κ3) is 5.82. The molecule has 0 unspecified atom stereocenters. The molecule has 0 saturated heterocycles. The first-order chi connectivity index (χ1) is 16.5. The van der Waals surface area contributed by atoms with E-state index in [0.717, 1.165) is 29.5 Å². The summed E-state index contributed by atoms with van der Waals surface area (Å²) in [6.45, 7) is 0.693. The lowest BCUT2D eigenvalue weighted by molar-refractivity contribution is -0.137. The number of carboxylic acids is 1. The van der Waals surface area contributed by atoms with Crippen LogP contribution in [-0.4, -0.2) is 49.5 Å². The molecule has 1 heterocycles. The summed E-state index contributed by atoms with van der Waals surface area (Å²) >= 11 is 0. The van der Waals surface area contributed by atoms with Crippen molar-refractivity contribution >= 4 is 11.9 Å². The van der Waals surface area contributed by atoms with Gasteiger partial charge in [-0.2, -0.15) is 5.10 Å². The highest BCUT2D eigenvalue weighted by atomic mass is 16.5. The van der Waals surface area contributed by atoms with E-state index in [-0.39, 0.29) is 18.9 Å². The van der Waals surface area contributed by atoms with Gasteiger partial charge in [0.05, 0.1) is 19.3 Å². The van der Waals surface area contributed by atoms with Gasteiger partial charge in [0.15, 0.2) is 0 Å². The van der Waals surface area contributed by atoms with Crippen LogP contribution in [0.4, 0.5) is 0 Å². The number of aliphatic carboxylic acids is 1. The third-order valence-electron chi connectivity index (χ3n) is 6.00. The van der Waals surface area contributed by atoms with E-state index >= 15 is 0 Å². The van der Waals surface area contributed by atoms with Gasteiger partial charge < -0.3 is 19.8 Å². The van der Waals surface area contributed by atoms with Gasteiger partial charge in [-0.05, 0) is 55.9 Å². The Hall–Kier alpha value is -3.65. The van der Waals surface area contributed by atoms with Gasteiger partial charge in [0, 0.05) is 29.3 Å². The Morgan fingerprint density at radius 2 is 1.79 bits per heavy atom. The molecule has 178 valence electrons. The Labute approximate surface area is 198 Å². The molecular formula is C26H29N3O5. The van der Waals surface area contributed by atoms with Gasteiger partial charge in [-0.25, -0.2) is 0 Å². The lowest BCUT2D eigenvalue weighted by Gasteiger charge is -2.29. The predicted molar refractivity (Wildman–Crippen MR) is 126 cm³/mol. The molecule has 0 atom stereocenters. The molecular weight excluding hydrogens is 434 g/mol. The highest BCUT2D eigenvalue weighted by Gasteiger charge is 2.49. The second kappa shape index (κ2) is 10.5. The number of hydrogen-bond acceptors (Lipinski definition) is 5. The van der Waals surface area contributed by atoms with E-state index in [4.69, 9.17) is 9.84 Å². The molecule has 0 spiro atoms. The van der Waals surface area contributed by atoms with Gasteiger partial charge in [0.25, 0.3) is 5.91 Å². The number of nitrogens with zero attached hydrogens (tertiary/aromatic N) is 2. The fraction of sp³-hybridized carbons (Fsp3) is 0.346. The zero-order valence-corrected chi connectivity index (χ0v) is 18.9. The van der Waals surface area contributed by atoms with Crippen molar-refractivity contribution in [3.05, 3.63) is 72.1 Å². The quantitative estimate of drug-likeness (QED) is 0.274. The van der Waals surface area contributed by atoms with Crippen molar-refractivity contribution < 1.29 is 24.5 Å². The molecule has 0 radical (unpaired) electrons. The lowest BCUT2D eigenvalue weighted by Crippen LogP contribution is -2.41. The van der Waals surface area contributed by atoms with Crippen LogP contribution in [0.3, 0.4) is 0 Å². The smallest absolute Gasteiger partial charge is 0.303 e. The van der Waals surface area contributed by atoms with Gasteiger partial charge in [-0.1, -0.05) is 30.3 Å². The van der Waals surface area contributed by atoms with E-state index < -0.39 is 11.7 Å². The largest absolute Gasteiger partial charge is 0.493 e. The van der Waals surface area contributed by atoms with Crippen molar-refractivity contribution in [1.29, 1.82) is 0 Å². The van der Waals surface area contributed by atoms with Gasteiger partial charge in [0.1, 0.15) is 11.5 Å². The van der Waals surface area contributed by atoms with Crippen LogP contribution in [0, 0.1) is 0 Å². The number of carboxylic acid groups (broad SMARTS) is 1. The normalized spacial score (nSPS) is 13.9. The van der Waals surface area contributed by atoms with E-state index in [0.29, 0.717) is 37.2 Å². The van der Waals surface area contributed by atoms with Gasteiger partial charge in [-0.15, -0.1) is 0 Å². The zero-order valence-electron chi connectivity index (χ0n) is 18.9. The van der Waals surface area contributed by atoms with Crippen LogP contribution < -0.4 is 4.74 Å². The van der Waals surface area contributed by atoms with Crippen molar-refractivity contribution in [2.24, 2.45) is 0 Å². The van der Waals surface area contributed by atoms with Crippen LogP contribution in [0.15, 0.2) is 60.9 Å². The number of carbonyl (C=O) groups is 2. The summed E-state index contributed by atoms with van der Waals surface area (Å²) in [6, 6.07) is 14.8. The average molecular weight is 464 g/mol. The number of nitrogens with one attached hydrogen (secondary N) is 1. The fourth-order valence-electron chi connectivity index (χ4n) is 3.84. The first-order valence-electron chi connectivity index (χ1n) is 11.5. The summed E-state index contributed by atoms with van der Waals surface area (Å²) in [5, 5.41) is 26.4. The molecule has 1 fully saturated rings. The molecule has 0 bridgehead atoms. The summed E-state index contributed by atoms with van der Waals surface area (Å²) in [7, 11) is 0. The number of aromatic amines is 1. The minimum absolute atomic E-state index is 0.162. The first kappa shape index (κ1) is 23.5. The van der Waals surface area contributed by atoms with Crippen LogP contribution in [-0.2, 0) is 11.3 Å². The minimum atomic E-state index is -1.15. The number of aromatic nitrogens is 2. The van der Waals surface area contributed by atoms with Gasteiger partial charge in [-0.3, -0.25) is 14.7 Å². The maximum atomic E-state index is 13.4. The SMILES string of the molecule is O=C(O)CCCCCOc1ccccc1CN(C(=O)c1ccc(-c2cn[nH]c2)cc1)C1(O)CC1. The van der Waals surface area contributed by atoms with Crippen LogP contribution in [0.25, 0.3) is 11.1 Å². The van der Waals surface area contributed by atoms with Crippen molar-refractivity contribution in [3.8, 4) is 16.9 Å². The van der Waals surface area contributed by atoms with Gasteiger partial charge in [0.2, 0.25) is 0 Å². The topological polar surface area (TPSA) is 116 Å². The molecule has 1 saturated carbocycles. The second-order valence-electron chi connectivity index (χ2n) is 8.60. The van der Waals surface area contributed by atoms with Crippen molar-refractivity contribution in [2.75, 3.05) is 6.61 Å². The second-order valence-corrected chi connectivity index (χ2v) is 8.60. The Morgan fingerprint density at radius 1 is 1.03 bits per heavy atom. The molecule has 2 aromatic carbocycles. The highest BCUT2D eigenvalue weighted by Crippen LogP contribution is 2.41. The molecule has 3 aromatic rings. The maximum Gasteiger partial charge on any atom is 0.303 e. The van der Waals surface area contributed by atoms with Gasteiger partial charge >= 0.3 is 5.97 Å². The Balaban J connectivity index is 1.43. The van der Waals surface area contributed by atoms with E-state index in [1.54, 1.807) is 24.5 Å². The minimum Gasteiger partial charge on any atom is -0.493 e. The molecule has 0 aliphatic heterocycles. The summed E-state index contributed by atoms with van der Waals surface area (Å²) in [5.74, 6) is -0.356. The number of hydrogen-bond donors (Lipinski definition) is 3. The van der Waals surface area contributed by atoms with E-state index in [2.05, 4.69) is 10.2 Å². The lowest BCUT2D eigenvalue weighted by atomic mass is 10.1. The Bertz CT molecular complexity index is 1110. The third-order valence-corrected chi connectivity index (χ3v) is 6.00. The number of H-pyrrole nitrogens is 1. The number of amides is 1. The predicted octanol–water partition coefficient (Wildman–Crippen LogP) is 4.23. The zero-order chi connectivity index (χ0) is 24.0. The molecule has 8 nitrogen and oxygen atoms in total. The van der Waals surface area contributed by atoms with Crippen LogP contribution >= 0.6 is 0 Å². The number of para-hydroxylation sites is 1. The van der Waals surface area contributed by atoms with Crippen LogP contribution in [0.2, 0.25) is 0 Å². The number of rotatable bonds is 12. The number of benzene rings is 2. The van der Waals surface area contributed by atoms with Crippen molar-refractivity contribution in [1.82, 2.24) is 15.1 Å². The van der Waals surface area contributed by atoms with E-state index in [1.807, 2.05) is 36.4 Å². The summed E-state index contributed by atoms with van der Waals surface area (Å²) < 4.78 is 5.94. The van der Waals surface area contributed by atoms with Crippen molar-refractivity contribution in [3.63, 3.8) is 0 Å². The van der Waals surface area contributed by atoms with Crippen LogP contribution in [0.5, 0.6) is 5.75 Å². The average Bonchev–Trinajstić information content (AvgIpc) is 3.35. The fourth-order valence-corrected chi connectivity index (χ4v) is 3.84. The molecule has 4 rings (SSSR count). The molecule has 8 heteroatoms. The maximum absolute atomic E-state index is 13.4. The van der Waals surface area contributed by atoms with E-state index in [1.165, 1.54) is 4.90 Å². The summed E-state index contributed by atoms with van der Waals surface area (Å²) in [4.78, 5) is 25.5. The summed E-state index contributed by atoms with van der Waals surface area (Å²) in [5.41, 5.74) is 2.06. The highest BCUT2D eigenvalue weighted by molar-refractivity contribution is 5.95. The molecule has 1 amide bonds. The Morgan fingerprint density at radius 3 is 2.47 bits per heavy atom. The van der Waals surface area contributed by atoms with Crippen molar-refractivity contribution in [2.45, 2.75) is 50.8 Å². The molecule has 3 N–H and O–H groups in total.